The Kier molecular flexibility index (Phi) is 3.31. The van der Waals surface area contributed by atoms with Crippen LogP contribution in [0.4, 0.5) is 5.69 Å². The van der Waals surface area contributed by atoms with Crippen molar-refractivity contribution in [2.75, 3.05) is 5.73 Å². The van der Waals surface area contributed by atoms with Gasteiger partial charge in [0.1, 0.15) is 0 Å². The third kappa shape index (κ3) is 2.58. The molecular weight excluding hydrogens is 266 g/mol. The molecular formula is C16H15N3O2. The van der Waals surface area contributed by atoms with Gasteiger partial charge < -0.3 is 15.4 Å². The summed E-state index contributed by atoms with van der Waals surface area (Å²) in [5.74, 6) is 0.799. The zero-order valence-corrected chi connectivity index (χ0v) is 11.6. The minimum absolute atomic E-state index is 0.0383. The molecule has 0 aliphatic carbocycles. The smallest absolute Gasteiger partial charge is 0.261 e. The first kappa shape index (κ1) is 13.2. The molecule has 0 radical (unpaired) electrons. The molecule has 106 valence electrons. The molecule has 5 nitrogen and oxygen atoms in total. The largest absolute Gasteiger partial charge is 0.505 e. The number of phenolic OH excluding ortho intramolecular Hbond substituents is 1. The van der Waals surface area contributed by atoms with E-state index < -0.39 is 0 Å². The quantitative estimate of drug-likeness (QED) is 0.569. The van der Waals surface area contributed by atoms with Gasteiger partial charge in [-0.3, -0.25) is 0 Å². The summed E-state index contributed by atoms with van der Waals surface area (Å²) in [6, 6.07) is 13.1. The number of anilines is 1. The first-order valence-corrected chi connectivity index (χ1v) is 6.60. The fourth-order valence-corrected chi connectivity index (χ4v) is 2.15. The Bertz CT molecular complexity index is 781. The Labute approximate surface area is 122 Å². The number of aromatic hydroxyl groups is 1. The molecule has 0 bridgehead atoms. The van der Waals surface area contributed by atoms with Crippen LogP contribution in [0.15, 0.2) is 47.0 Å². The Morgan fingerprint density at radius 3 is 2.76 bits per heavy atom. The second-order valence-corrected chi connectivity index (χ2v) is 4.86. The van der Waals surface area contributed by atoms with Gasteiger partial charge in [-0.1, -0.05) is 35.5 Å². The van der Waals surface area contributed by atoms with E-state index in [0.29, 0.717) is 17.8 Å². The van der Waals surface area contributed by atoms with E-state index >= 15 is 0 Å². The molecule has 2 aromatic carbocycles. The predicted molar refractivity (Wildman–Crippen MR) is 79.8 cm³/mol. The lowest BCUT2D eigenvalue weighted by Crippen LogP contribution is -1.93. The summed E-state index contributed by atoms with van der Waals surface area (Å²) in [7, 11) is 0. The maximum atomic E-state index is 9.94. The number of benzene rings is 2. The van der Waals surface area contributed by atoms with Crippen molar-refractivity contribution in [3.63, 3.8) is 0 Å². The van der Waals surface area contributed by atoms with Crippen LogP contribution in [0.1, 0.15) is 17.0 Å². The van der Waals surface area contributed by atoms with Crippen molar-refractivity contribution >= 4 is 5.69 Å². The molecule has 5 heteroatoms. The Balaban J connectivity index is 1.90. The average molecular weight is 281 g/mol. The number of hydrogen-bond acceptors (Lipinski definition) is 5. The van der Waals surface area contributed by atoms with E-state index in [9.17, 15) is 5.11 Å². The minimum Gasteiger partial charge on any atom is -0.505 e. The summed E-state index contributed by atoms with van der Waals surface area (Å²) in [6.45, 7) is 2.04. The number of aromatic nitrogens is 2. The Morgan fingerprint density at radius 1 is 1.14 bits per heavy atom. The molecule has 0 saturated heterocycles. The van der Waals surface area contributed by atoms with Crippen molar-refractivity contribution in [3.8, 4) is 17.2 Å². The fraction of sp³-hybridized carbons (Fsp3) is 0.125. The second kappa shape index (κ2) is 5.28. The second-order valence-electron chi connectivity index (χ2n) is 4.86. The first-order valence-electron chi connectivity index (χ1n) is 6.60. The summed E-state index contributed by atoms with van der Waals surface area (Å²) < 4.78 is 5.22. The van der Waals surface area contributed by atoms with E-state index in [1.165, 1.54) is 5.56 Å². The molecule has 3 N–H and O–H groups in total. The zero-order chi connectivity index (χ0) is 14.8. The number of nitrogens with two attached hydrogens (primary N) is 1. The van der Waals surface area contributed by atoms with E-state index in [1.807, 2.05) is 31.2 Å². The van der Waals surface area contributed by atoms with Gasteiger partial charge in [-0.25, -0.2) is 0 Å². The summed E-state index contributed by atoms with van der Waals surface area (Å²) in [5.41, 5.74) is 8.71. The molecule has 0 unspecified atom stereocenters. The number of aryl methyl sites for hydroxylation is 1. The normalized spacial score (nSPS) is 10.7. The molecule has 0 aliphatic heterocycles. The summed E-state index contributed by atoms with van der Waals surface area (Å²) in [5, 5.41) is 13.9. The Morgan fingerprint density at radius 2 is 1.95 bits per heavy atom. The summed E-state index contributed by atoms with van der Waals surface area (Å²) in [6.07, 6.45) is 0.583. The molecule has 0 spiro atoms. The highest BCUT2D eigenvalue weighted by atomic mass is 16.5. The monoisotopic (exact) mass is 281 g/mol. The Hall–Kier alpha value is -2.82. The van der Waals surface area contributed by atoms with E-state index in [1.54, 1.807) is 18.2 Å². The highest BCUT2D eigenvalue weighted by Gasteiger charge is 2.14. The van der Waals surface area contributed by atoms with Gasteiger partial charge in [-0.15, -0.1) is 0 Å². The standard InChI is InChI=1S/C16H15N3O2/c1-10-5-2-3-6-11(10)9-14-18-16(21-19-14)12-7-4-8-13(17)15(12)20/h2-8,20H,9,17H2,1H3. The van der Waals surface area contributed by atoms with Crippen molar-refractivity contribution < 1.29 is 9.63 Å². The minimum atomic E-state index is -0.0383. The van der Waals surface area contributed by atoms with Crippen LogP contribution < -0.4 is 5.73 Å². The lowest BCUT2D eigenvalue weighted by molar-refractivity contribution is 0.419. The van der Waals surface area contributed by atoms with Crippen LogP contribution in [0.25, 0.3) is 11.5 Å². The number of nitrogen functional groups attached to an aromatic ring is 1. The third-order valence-corrected chi connectivity index (χ3v) is 3.38. The van der Waals surface area contributed by atoms with Gasteiger partial charge in [0.15, 0.2) is 11.6 Å². The highest BCUT2D eigenvalue weighted by Crippen LogP contribution is 2.32. The maximum Gasteiger partial charge on any atom is 0.261 e. The van der Waals surface area contributed by atoms with Gasteiger partial charge in [0.2, 0.25) is 0 Å². The molecule has 0 atom stereocenters. The average Bonchev–Trinajstić information content (AvgIpc) is 2.93. The lowest BCUT2D eigenvalue weighted by Gasteiger charge is -2.02. The SMILES string of the molecule is Cc1ccccc1Cc1noc(-c2cccc(N)c2O)n1. The van der Waals surface area contributed by atoms with Crippen molar-refractivity contribution in [2.24, 2.45) is 0 Å². The maximum absolute atomic E-state index is 9.94. The molecule has 0 amide bonds. The fourth-order valence-electron chi connectivity index (χ4n) is 2.15. The van der Waals surface area contributed by atoms with Crippen molar-refractivity contribution in [2.45, 2.75) is 13.3 Å². The molecule has 0 aliphatic rings. The van der Waals surface area contributed by atoms with Crippen LogP contribution in [-0.4, -0.2) is 15.2 Å². The van der Waals surface area contributed by atoms with Crippen molar-refractivity contribution in [1.82, 2.24) is 10.1 Å². The molecule has 0 fully saturated rings. The van der Waals surface area contributed by atoms with Gasteiger partial charge in [-0.2, -0.15) is 4.98 Å². The van der Waals surface area contributed by atoms with E-state index in [2.05, 4.69) is 10.1 Å². The van der Waals surface area contributed by atoms with Crippen LogP contribution in [-0.2, 0) is 6.42 Å². The number of nitrogens with zero attached hydrogens (tertiary/aromatic N) is 2. The van der Waals surface area contributed by atoms with Crippen LogP contribution in [0.5, 0.6) is 5.75 Å². The van der Waals surface area contributed by atoms with E-state index in [-0.39, 0.29) is 17.3 Å². The molecule has 1 heterocycles. The van der Waals surface area contributed by atoms with Crippen LogP contribution in [0.3, 0.4) is 0 Å². The third-order valence-electron chi connectivity index (χ3n) is 3.38. The number of phenols is 1. The van der Waals surface area contributed by atoms with Crippen LogP contribution in [0.2, 0.25) is 0 Å². The molecule has 0 saturated carbocycles. The van der Waals surface area contributed by atoms with Crippen LogP contribution >= 0.6 is 0 Å². The topological polar surface area (TPSA) is 85.2 Å². The van der Waals surface area contributed by atoms with E-state index in [4.69, 9.17) is 10.3 Å². The lowest BCUT2D eigenvalue weighted by atomic mass is 10.1. The number of para-hydroxylation sites is 1. The van der Waals surface area contributed by atoms with Gasteiger partial charge in [0, 0.05) is 6.42 Å². The van der Waals surface area contributed by atoms with Gasteiger partial charge in [0.05, 0.1) is 11.3 Å². The molecule has 3 rings (SSSR count). The molecule has 3 aromatic rings. The molecule has 21 heavy (non-hydrogen) atoms. The highest BCUT2D eigenvalue weighted by molar-refractivity contribution is 5.71. The number of hydrogen-bond donors (Lipinski definition) is 2. The van der Waals surface area contributed by atoms with Crippen LogP contribution in [0, 0.1) is 6.92 Å². The van der Waals surface area contributed by atoms with Gasteiger partial charge in [-0.05, 0) is 30.2 Å². The van der Waals surface area contributed by atoms with Crippen molar-refractivity contribution in [3.05, 3.63) is 59.4 Å². The van der Waals surface area contributed by atoms with Crippen molar-refractivity contribution in [1.29, 1.82) is 0 Å². The molecule has 1 aromatic heterocycles. The predicted octanol–water partition coefficient (Wildman–Crippen LogP) is 2.92. The summed E-state index contributed by atoms with van der Waals surface area (Å²) >= 11 is 0. The van der Waals surface area contributed by atoms with Gasteiger partial charge >= 0.3 is 0 Å². The zero-order valence-electron chi connectivity index (χ0n) is 11.6. The van der Waals surface area contributed by atoms with E-state index in [0.717, 1.165) is 5.56 Å². The first-order chi connectivity index (χ1) is 10.1. The van der Waals surface area contributed by atoms with Gasteiger partial charge in [0.25, 0.3) is 5.89 Å². The summed E-state index contributed by atoms with van der Waals surface area (Å²) in [4.78, 5) is 4.33. The number of rotatable bonds is 3.